The summed E-state index contributed by atoms with van der Waals surface area (Å²) >= 11 is 0. The van der Waals surface area contributed by atoms with Gasteiger partial charge in [-0.05, 0) is 37.3 Å². The van der Waals surface area contributed by atoms with E-state index in [4.69, 9.17) is 15.2 Å². The van der Waals surface area contributed by atoms with Crippen LogP contribution < -0.4 is 19.5 Å². The Morgan fingerprint density at radius 3 is 2.51 bits per heavy atom. The SMILES string of the molecule is CCOc1ccccc1C1C(=O)N(S(=O)(=O)c2cccc3cccnc23)c2ccc(OC)c(C(N)=O)c21. The Bertz CT molecular complexity index is 1660. The van der Waals surface area contributed by atoms with Gasteiger partial charge in [-0.1, -0.05) is 36.4 Å². The predicted octanol–water partition coefficient (Wildman–Crippen LogP) is 3.61. The minimum absolute atomic E-state index is 0.0174. The molecule has 1 unspecified atom stereocenters. The highest BCUT2D eigenvalue weighted by Gasteiger charge is 2.48. The van der Waals surface area contributed by atoms with E-state index in [1.54, 1.807) is 55.5 Å². The van der Waals surface area contributed by atoms with Crippen LogP contribution in [-0.2, 0) is 14.8 Å². The lowest BCUT2D eigenvalue weighted by Crippen LogP contribution is -2.35. The van der Waals surface area contributed by atoms with Gasteiger partial charge in [0, 0.05) is 22.7 Å². The zero-order valence-electron chi connectivity index (χ0n) is 20.0. The number of aromatic nitrogens is 1. The average molecular weight is 518 g/mol. The van der Waals surface area contributed by atoms with Gasteiger partial charge in [-0.15, -0.1) is 0 Å². The van der Waals surface area contributed by atoms with Crippen LogP contribution in [-0.4, -0.2) is 38.9 Å². The van der Waals surface area contributed by atoms with E-state index >= 15 is 0 Å². The standard InChI is InChI=1S/C27H23N3O6S/c1-3-36-19-11-5-4-10-17(19)22-23-18(13-14-20(35-2)24(23)26(28)31)30(27(22)32)37(33,34)21-12-6-8-16-9-7-15-29-25(16)21/h4-15,22H,3H2,1-2H3,(H2,28,31). The summed E-state index contributed by atoms with van der Waals surface area (Å²) in [6, 6.07) is 17.8. The fourth-order valence-corrected chi connectivity index (χ4v) is 6.39. The van der Waals surface area contributed by atoms with Crippen molar-refractivity contribution in [2.24, 2.45) is 5.73 Å². The van der Waals surface area contributed by atoms with Gasteiger partial charge in [-0.25, -0.2) is 12.7 Å². The molecular formula is C27H23N3O6S. The zero-order valence-corrected chi connectivity index (χ0v) is 20.9. The van der Waals surface area contributed by atoms with Crippen LogP contribution in [0.2, 0.25) is 0 Å². The van der Waals surface area contributed by atoms with Crippen LogP contribution >= 0.6 is 0 Å². The molecule has 2 heterocycles. The van der Waals surface area contributed by atoms with Gasteiger partial charge in [0.1, 0.15) is 16.4 Å². The average Bonchev–Trinajstić information content (AvgIpc) is 3.20. The number of fused-ring (bicyclic) bond motifs is 2. The van der Waals surface area contributed by atoms with Crippen molar-refractivity contribution in [3.05, 3.63) is 89.6 Å². The highest BCUT2D eigenvalue weighted by Crippen LogP contribution is 2.49. The monoisotopic (exact) mass is 517 g/mol. The van der Waals surface area contributed by atoms with E-state index in [0.29, 0.717) is 23.3 Å². The molecule has 0 radical (unpaired) electrons. The molecule has 2 N–H and O–H groups in total. The van der Waals surface area contributed by atoms with E-state index in [0.717, 1.165) is 4.31 Å². The van der Waals surface area contributed by atoms with E-state index in [1.807, 2.05) is 0 Å². The second-order valence-corrected chi connectivity index (χ2v) is 10.0. The number of nitrogens with two attached hydrogens (primary N) is 1. The van der Waals surface area contributed by atoms with Crippen LogP contribution in [0.4, 0.5) is 5.69 Å². The minimum atomic E-state index is -4.47. The number of para-hydroxylation sites is 2. The molecule has 0 aliphatic carbocycles. The highest BCUT2D eigenvalue weighted by atomic mass is 32.2. The van der Waals surface area contributed by atoms with Gasteiger partial charge in [0.15, 0.2) is 0 Å². The van der Waals surface area contributed by atoms with Gasteiger partial charge in [0.25, 0.3) is 21.8 Å². The maximum Gasteiger partial charge on any atom is 0.273 e. The number of rotatable bonds is 7. The van der Waals surface area contributed by atoms with Crippen molar-refractivity contribution < 1.29 is 27.5 Å². The molecule has 3 aromatic carbocycles. The van der Waals surface area contributed by atoms with Gasteiger partial charge in [0.2, 0.25) is 0 Å². The zero-order chi connectivity index (χ0) is 26.3. The number of sulfonamides is 1. The third kappa shape index (κ3) is 3.77. The number of ether oxygens (including phenoxy) is 2. The maximum atomic E-state index is 14.1. The van der Waals surface area contributed by atoms with Crippen molar-refractivity contribution in [3.8, 4) is 11.5 Å². The molecule has 0 saturated heterocycles. The third-order valence-corrected chi connectivity index (χ3v) is 7.99. The number of carbonyl (C=O) groups excluding carboxylic acids is 2. The van der Waals surface area contributed by atoms with E-state index in [2.05, 4.69) is 4.98 Å². The highest BCUT2D eigenvalue weighted by molar-refractivity contribution is 7.93. The second kappa shape index (κ2) is 9.21. The molecule has 1 aliphatic rings. The van der Waals surface area contributed by atoms with E-state index in [-0.39, 0.29) is 33.0 Å². The van der Waals surface area contributed by atoms with Crippen LogP contribution in [0.25, 0.3) is 10.9 Å². The molecule has 37 heavy (non-hydrogen) atoms. The molecule has 1 atom stereocenters. The molecule has 0 fully saturated rings. The van der Waals surface area contributed by atoms with Gasteiger partial charge in [-0.2, -0.15) is 0 Å². The van der Waals surface area contributed by atoms with Crippen LogP contribution in [0.15, 0.2) is 77.8 Å². The first-order valence-corrected chi connectivity index (χ1v) is 12.9. The molecule has 1 aliphatic heterocycles. The number of hydrogen-bond acceptors (Lipinski definition) is 7. The predicted molar refractivity (Wildman–Crippen MR) is 137 cm³/mol. The number of amides is 2. The fraction of sp³-hybridized carbons (Fsp3) is 0.148. The maximum absolute atomic E-state index is 14.1. The molecule has 0 bridgehead atoms. The van der Waals surface area contributed by atoms with E-state index in [9.17, 15) is 18.0 Å². The summed E-state index contributed by atoms with van der Waals surface area (Å²) in [6.45, 7) is 2.11. The lowest BCUT2D eigenvalue weighted by Gasteiger charge is -2.20. The second-order valence-electron chi connectivity index (χ2n) is 8.28. The lowest BCUT2D eigenvalue weighted by molar-refractivity contribution is -0.117. The lowest BCUT2D eigenvalue weighted by atomic mass is 9.88. The first kappa shape index (κ1) is 24.3. The van der Waals surface area contributed by atoms with Crippen LogP contribution in [0, 0.1) is 0 Å². The minimum Gasteiger partial charge on any atom is -0.496 e. The molecule has 0 saturated carbocycles. The van der Waals surface area contributed by atoms with Gasteiger partial charge < -0.3 is 15.2 Å². The normalized spacial score (nSPS) is 15.0. The van der Waals surface area contributed by atoms with Gasteiger partial charge >= 0.3 is 0 Å². The Morgan fingerprint density at radius 2 is 1.78 bits per heavy atom. The van der Waals surface area contributed by atoms with Crippen LogP contribution in [0.3, 0.4) is 0 Å². The summed E-state index contributed by atoms with van der Waals surface area (Å²) < 4.78 is 40.1. The van der Waals surface area contributed by atoms with E-state index in [1.165, 1.54) is 31.5 Å². The summed E-state index contributed by atoms with van der Waals surface area (Å²) in [4.78, 5) is 30.9. The summed E-state index contributed by atoms with van der Waals surface area (Å²) in [5, 5.41) is 0.598. The summed E-state index contributed by atoms with van der Waals surface area (Å²) in [5.74, 6) is -2.30. The van der Waals surface area contributed by atoms with Crippen molar-refractivity contribution in [1.82, 2.24) is 4.98 Å². The molecule has 2 amide bonds. The van der Waals surface area contributed by atoms with Crippen molar-refractivity contribution in [2.45, 2.75) is 17.7 Å². The quantitative estimate of drug-likeness (QED) is 0.396. The Kier molecular flexibility index (Phi) is 6.04. The first-order valence-electron chi connectivity index (χ1n) is 11.5. The third-order valence-electron chi connectivity index (χ3n) is 6.25. The van der Waals surface area contributed by atoms with Crippen molar-refractivity contribution >= 4 is 38.4 Å². The molecule has 10 heteroatoms. The van der Waals surface area contributed by atoms with Crippen molar-refractivity contribution in [3.63, 3.8) is 0 Å². The number of nitrogens with zero attached hydrogens (tertiary/aromatic N) is 2. The number of anilines is 1. The molecule has 1 aromatic heterocycles. The molecule has 5 rings (SSSR count). The number of pyridine rings is 1. The first-order chi connectivity index (χ1) is 17.8. The number of carbonyl (C=O) groups is 2. The molecular weight excluding hydrogens is 494 g/mol. The fourth-order valence-electron chi connectivity index (χ4n) is 4.77. The number of primary amides is 1. The number of methoxy groups -OCH3 is 1. The Balaban J connectivity index is 1.82. The van der Waals surface area contributed by atoms with E-state index < -0.39 is 27.8 Å². The molecule has 0 spiro atoms. The molecule has 9 nitrogen and oxygen atoms in total. The van der Waals surface area contributed by atoms with Gasteiger partial charge in [-0.3, -0.25) is 14.6 Å². The summed E-state index contributed by atoms with van der Waals surface area (Å²) in [7, 11) is -3.10. The van der Waals surface area contributed by atoms with Crippen LogP contribution in [0.5, 0.6) is 11.5 Å². The topological polar surface area (TPSA) is 129 Å². The summed E-state index contributed by atoms with van der Waals surface area (Å²) in [6.07, 6.45) is 1.48. The van der Waals surface area contributed by atoms with Gasteiger partial charge in [0.05, 0.1) is 36.4 Å². The smallest absolute Gasteiger partial charge is 0.273 e. The number of hydrogen-bond donors (Lipinski definition) is 1. The summed E-state index contributed by atoms with van der Waals surface area (Å²) in [5.41, 5.74) is 6.46. The molecule has 4 aromatic rings. The number of benzene rings is 3. The van der Waals surface area contributed by atoms with Crippen molar-refractivity contribution in [1.29, 1.82) is 0 Å². The molecule has 188 valence electrons. The van der Waals surface area contributed by atoms with Crippen molar-refractivity contribution in [2.75, 3.05) is 18.0 Å². The Labute approximate surface area is 213 Å². The largest absolute Gasteiger partial charge is 0.496 e. The Morgan fingerprint density at radius 1 is 1.03 bits per heavy atom. The van der Waals surface area contributed by atoms with Crippen LogP contribution in [0.1, 0.15) is 34.3 Å². The Hall–Kier alpha value is -4.44.